The number of rotatable bonds is 2. The summed E-state index contributed by atoms with van der Waals surface area (Å²) in [4.78, 5) is 40.7. The molecule has 2 aromatic carbocycles. The van der Waals surface area contributed by atoms with Crippen LogP contribution in [0, 0.1) is 0 Å². The Bertz CT molecular complexity index is 1050. The Morgan fingerprint density at radius 2 is 1.93 bits per heavy atom. The van der Waals surface area contributed by atoms with E-state index in [9.17, 15) is 14.4 Å². The van der Waals surface area contributed by atoms with E-state index in [4.69, 9.17) is 11.6 Å². The minimum Gasteiger partial charge on any atom is -0.323 e. The first-order valence-corrected chi connectivity index (χ1v) is 10.7. The summed E-state index contributed by atoms with van der Waals surface area (Å²) in [6.45, 7) is 0.148. The lowest BCUT2D eigenvalue weighted by molar-refractivity contribution is -0.128. The van der Waals surface area contributed by atoms with E-state index in [1.54, 1.807) is 30.3 Å². The summed E-state index contributed by atoms with van der Waals surface area (Å²) in [5.74, 6) is -0.190. The van der Waals surface area contributed by atoms with Gasteiger partial charge in [-0.15, -0.1) is 11.8 Å². The van der Waals surface area contributed by atoms with Gasteiger partial charge in [-0.3, -0.25) is 19.4 Å². The van der Waals surface area contributed by atoms with Crippen molar-refractivity contribution in [3.05, 3.63) is 63.1 Å². The fourth-order valence-corrected chi connectivity index (χ4v) is 5.98. The van der Waals surface area contributed by atoms with Gasteiger partial charge in [0.2, 0.25) is 0 Å². The number of nitrogens with zero attached hydrogens (tertiary/aromatic N) is 2. The van der Waals surface area contributed by atoms with Crippen molar-refractivity contribution in [2.45, 2.75) is 17.5 Å². The Hall–Kier alpha value is -2.03. The van der Waals surface area contributed by atoms with Gasteiger partial charge in [-0.2, -0.15) is 0 Å². The Labute approximate surface area is 178 Å². The maximum atomic E-state index is 13.3. The summed E-state index contributed by atoms with van der Waals surface area (Å²) in [7, 11) is 0. The van der Waals surface area contributed by atoms with Gasteiger partial charge in [-0.25, -0.2) is 4.79 Å². The lowest BCUT2D eigenvalue weighted by Crippen LogP contribution is -2.49. The van der Waals surface area contributed by atoms with Crippen LogP contribution in [0.4, 0.5) is 10.5 Å². The van der Waals surface area contributed by atoms with Crippen LogP contribution in [0.15, 0.2) is 46.9 Å². The van der Waals surface area contributed by atoms with Gasteiger partial charge >= 0.3 is 6.03 Å². The normalized spacial score (nSPS) is 25.5. The van der Waals surface area contributed by atoms with E-state index in [2.05, 4.69) is 21.2 Å². The maximum Gasteiger partial charge on any atom is 0.329 e. The highest BCUT2D eigenvalue weighted by atomic mass is 79.9. The molecule has 0 unspecified atom stereocenters. The van der Waals surface area contributed by atoms with Crippen molar-refractivity contribution in [3.63, 3.8) is 0 Å². The summed E-state index contributed by atoms with van der Waals surface area (Å²) in [6, 6.07) is 11.4. The number of anilines is 1. The van der Waals surface area contributed by atoms with E-state index in [-0.39, 0.29) is 18.4 Å². The second-order valence-corrected chi connectivity index (χ2v) is 9.38. The quantitative estimate of drug-likeness (QED) is 0.667. The van der Waals surface area contributed by atoms with Crippen molar-refractivity contribution in [3.8, 4) is 0 Å². The predicted molar refractivity (Wildman–Crippen MR) is 110 cm³/mol. The molecule has 2 saturated heterocycles. The number of carbonyl (C=O) groups excluding carboxylic acids is 3. The number of hydrogen-bond acceptors (Lipinski definition) is 4. The van der Waals surface area contributed by atoms with Crippen molar-refractivity contribution in [2.24, 2.45) is 0 Å². The number of imide groups is 1. The molecule has 0 radical (unpaired) electrons. The van der Waals surface area contributed by atoms with Crippen molar-refractivity contribution in [1.29, 1.82) is 0 Å². The highest BCUT2D eigenvalue weighted by molar-refractivity contribution is 9.10. The molecule has 28 heavy (non-hydrogen) atoms. The summed E-state index contributed by atoms with van der Waals surface area (Å²) in [5, 5.41) is 3.44. The third-order valence-electron chi connectivity index (χ3n) is 5.25. The Kier molecular flexibility index (Phi) is 4.01. The first-order chi connectivity index (χ1) is 13.4. The van der Waals surface area contributed by atoms with Gasteiger partial charge < -0.3 is 5.32 Å². The number of urea groups is 1. The van der Waals surface area contributed by atoms with Crippen LogP contribution in [0.3, 0.4) is 0 Å². The van der Waals surface area contributed by atoms with E-state index in [0.717, 1.165) is 10.0 Å². The van der Waals surface area contributed by atoms with Crippen LogP contribution in [0.5, 0.6) is 0 Å². The SMILES string of the molecule is O=C1[C@@H]2CS[C@]3(C(=O)Nc4ccc(Br)cc43)N2C(=O)N1Cc1ccc(Cl)cc1. The molecule has 0 aromatic heterocycles. The van der Waals surface area contributed by atoms with E-state index in [1.807, 2.05) is 12.1 Å². The zero-order valence-corrected chi connectivity index (χ0v) is 17.5. The molecule has 0 bridgehead atoms. The number of hydrogen-bond donors (Lipinski definition) is 1. The average Bonchev–Trinajstić information content (AvgIpc) is 3.27. The molecule has 2 atom stereocenters. The highest BCUT2D eigenvalue weighted by Crippen LogP contribution is 2.56. The first-order valence-electron chi connectivity index (χ1n) is 8.56. The highest BCUT2D eigenvalue weighted by Gasteiger charge is 2.66. The van der Waals surface area contributed by atoms with E-state index in [1.165, 1.54) is 21.6 Å². The molecule has 0 saturated carbocycles. The van der Waals surface area contributed by atoms with E-state index < -0.39 is 16.9 Å². The lowest BCUT2D eigenvalue weighted by Gasteiger charge is -2.31. The fourth-order valence-electron chi connectivity index (χ4n) is 3.95. The minimum absolute atomic E-state index is 0.148. The molecule has 142 valence electrons. The lowest BCUT2D eigenvalue weighted by atomic mass is 10.1. The molecule has 4 amide bonds. The van der Waals surface area contributed by atoms with Gasteiger partial charge in [0, 0.05) is 26.5 Å². The number of amides is 4. The summed E-state index contributed by atoms with van der Waals surface area (Å²) >= 11 is 10.7. The standard InChI is InChI=1S/C19H13BrClN3O3S/c20-11-3-6-14-13(7-11)19(17(26)22-14)24-15(9-28-19)16(25)23(18(24)27)8-10-1-4-12(21)5-2-10/h1-7,15H,8-9H2,(H,22,26)/t15-,19+/m0/s1. The number of halogens is 2. The van der Waals surface area contributed by atoms with Crippen LogP contribution in [0.2, 0.25) is 5.02 Å². The fraction of sp³-hybridized carbons (Fsp3) is 0.211. The van der Waals surface area contributed by atoms with Crippen molar-refractivity contribution in [1.82, 2.24) is 9.80 Å². The third-order valence-corrected chi connectivity index (χ3v) is 7.49. The molecule has 1 spiro atoms. The largest absolute Gasteiger partial charge is 0.329 e. The average molecular weight is 479 g/mol. The molecule has 3 aliphatic heterocycles. The van der Waals surface area contributed by atoms with E-state index >= 15 is 0 Å². The van der Waals surface area contributed by atoms with Crippen molar-refractivity contribution in [2.75, 3.05) is 11.1 Å². The maximum absolute atomic E-state index is 13.3. The van der Waals surface area contributed by atoms with Crippen LogP contribution >= 0.6 is 39.3 Å². The summed E-state index contributed by atoms with van der Waals surface area (Å²) in [5.41, 5.74) is 2.17. The number of benzene rings is 2. The zero-order chi connectivity index (χ0) is 19.6. The topological polar surface area (TPSA) is 69.7 Å². The smallest absolute Gasteiger partial charge is 0.323 e. The molecular weight excluding hydrogens is 466 g/mol. The van der Waals surface area contributed by atoms with Crippen LogP contribution < -0.4 is 5.32 Å². The Balaban J connectivity index is 1.54. The zero-order valence-electron chi connectivity index (χ0n) is 14.3. The van der Waals surface area contributed by atoms with Gasteiger partial charge in [0.05, 0.1) is 6.54 Å². The van der Waals surface area contributed by atoms with Gasteiger partial charge in [0.15, 0.2) is 4.87 Å². The molecule has 9 heteroatoms. The molecule has 6 nitrogen and oxygen atoms in total. The Morgan fingerprint density at radius 3 is 2.68 bits per heavy atom. The summed E-state index contributed by atoms with van der Waals surface area (Å²) < 4.78 is 0.808. The number of nitrogens with one attached hydrogen (secondary N) is 1. The van der Waals surface area contributed by atoms with Crippen molar-refractivity contribution < 1.29 is 14.4 Å². The number of carbonyl (C=O) groups is 3. The van der Waals surface area contributed by atoms with Crippen LogP contribution in [-0.2, 0) is 21.0 Å². The van der Waals surface area contributed by atoms with Gasteiger partial charge in [-0.05, 0) is 35.9 Å². The monoisotopic (exact) mass is 477 g/mol. The number of fused-ring (bicyclic) bond motifs is 4. The molecule has 3 heterocycles. The second kappa shape index (κ2) is 6.23. The Morgan fingerprint density at radius 1 is 1.18 bits per heavy atom. The molecule has 3 aliphatic rings. The molecule has 2 aromatic rings. The molecule has 5 rings (SSSR count). The minimum atomic E-state index is -1.22. The molecule has 1 N–H and O–H groups in total. The van der Waals surface area contributed by atoms with Gasteiger partial charge in [-0.1, -0.05) is 39.7 Å². The van der Waals surface area contributed by atoms with Gasteiger partial charge in [0.1, 0.15) is 6.04 Å². The first kappa shape index (κ1) is 18.0. The second-order valence-electron chi connectivity index (χ2n) is 6.82. The molecule has 2 fully saturated rings. The van der Waals surface area contributed by atoms with Gasteiger partial charge in [0.25, 0.3) is 11.8 Å². The number of thioether (sulfide) groups is 1. The summed E-state index contributed by atoms with van der Waals surface area (Å²) in [6.07, 6.45) is 0. The van der Waals surface area contributed by atoms with Crippen LogP contribution in [0.25, 0.3) is 0 Å². The molecular formula is C19H13BrClN3O3S. The third kappa shape index (κ3) is 2.38. The molecule has 0 aliphatic carbocycles. The van der Waals surface area contributed by atoms with Crippen LogP contribution in [-0.4, -0.2) is 39.4 Å². The predicted octanol–water partition coefficient (Wildman–Crippen LogP) is 3.79. The van der Waals surface area contributed by atoms with Crippen LogP contribution in [0.1, 0.15) is 11.1 Å². The van der Waals surface area contributed by atoms with E-state index in [0.29, 0.717) is 22.0 Å². The van der Waals surface area contributed by atoms with Crippen molar-refractivity contribution >= 4 is 62.8 Å².